The van der Waals surface area contributed by atoms with Gasteiger partial charge in [-0.05, 0) is 46.4 Å². The Kier molecular flexibility index (Phi) is 5.04. The Hall–Kier alpha value is -2.49. The lowest BCUT2D eigenvalue weighted by Gasteiger charge is -2.02. The second kappa shape index (κ2) is 6.98. The largest absolute Gasteiger partial charge is 0.507 e. The van der Waals surface area contributed by atoms with Gasteiger partial charge in [-0.3, -0.25) is 14.9 Å². The number of aromatic hydroxyl groups is 1. The fourth-order valence-electron chi connectivity index (χ4n) is 1.63. The molecule has 1 amide bonds. The van der Waals surface area contributed by atoms with Gasteiger partial charge in [0.15, 0.2) is 0 Å². The number of phenols is 1. The first kappa shape index (κ1) is 15.9. The van der Waals surface area contributed by atoms with E-state index in [-0.39, 0.29) is 17.0 Å². The number of rotatable bonds is 4. The van der Waals surface area contributed by atoms with Crippen LogP contribution >= 0.6 is 22.6 Å². The molecule has 0 aliphatic carbocycles. The third kappa shape index (κ3) is 4.01. The molecule has 8 heteroatoms. The highest BCUT2D eigenvalue weighted by atomic mass is 127. The van der Waals surface area contributed by atoms with Gasteiger partial charge in [0.25, 0.3) is 11.6 Å². The van der Waals surface area contributed by atoms with Gasteiger partial charge in [0.2, 0.25) is 0 Å². The summed E-state index contributed by atoms with van der Waals surface area (Å²) in [5.41, 5.74) is 2.51. The molecule has 0 atom stereocenters. The van der Waals surface area contributed by atoms with E-state index in [1.54, 1.807) is 0 Å². The molecule has 112 valence electrons. The van der Waals surface area contributed by atoms with E-state index < -0.39 is 10.8 Å². The molecule has 2 N–H and O–H groups in total. The van der Waals surface area contributed by atoms with Crippen LogP contribution in [0.2, 0.25) is 0 Å². The van der Waals surface area contributed by atoms with Gasteiger partial charge >= 0.3 is 0 Å². The quantitative estimate of drug-likeness (QED) is 0.349. The van der Waals surface area contributed by atoms with Crippen molar-refractivity contribution in [2.24, 2.45) is 5.10 Å². The van der Waals surface area contributed by atoms with Gasteiger partial charge in [-0.25, -0.2) is 5.43 Å². The number of hydrazone groups is 1. The molecule has 2 aromatic rings. The first-order chi connectivity index (χ1) is 10.5. The first-order valence-corrected chi connectivity index (χ1v) is 7.11. The van der Waals surface area contributed by atoms with Gasteiger partial charge in [-0.1, -0.05) is 12.1 Å². The Morgan fingerprint density at radius 1 is 1.32 bits per heavy atom. The summed E-state index contributed by atoms with van der Waals surface area (Å²) in [4.78, 5) is 21.9. The third-order valence-electron chi connectivity index (χ3n) is 2.66. The third-order valence-corrected chi connectivity index (χ3v) is 3.33. The fourth-order valence-corrected chi connectivity index (χ4v) is 2.20. The maximum atomic E-state index is 11.9. The zero-order valence-electron chi connectivity index (χ0n) is 11.1. The van der Waals surface area contributed by atoms with E-state index >= 15 is 0 Å². The van der Waals surface area contributed by atoms with Crippen LogP contribution < -0.4 is 5.43 Å². The van der Waals surface area contributed by atoms with Crippen molar-refractivity contribution in [3.8, 4) is 5.75 Å². The molecule has 0 radical (unpaired) electrons. The Balaban J connectivity index is 2.12. The van der Waals surface area contributed by atoms with Crippen LogP contribution in [0.25, 0.3) is 0 Å². The SMILES string of the molecule is O=C(N/N=C/c1cccc(I)c1)c1cc([N+](=O)[O-])ccc1O. The summed E-state index contributed by atoms with van der Waals surface area (Å²) >= 11 is 2.15. The van der Waals surface area contributed by atoms with Crippen molar-refractivity contribution in [3.05, 3.63) is 67.3 Å². The van der Waals surface area contributed by atoms with Crippen molar-refractivity contribution < 1.29 is 14.8 Å². The van der Waals surface area contributed by atoms with Crippen LogP contribution in [0, 0.1) is 13.7 Å². The van der Waals surface area contributed by atoms with Crippen molar-refractivity contribution in [1.82, 2.24) is 5.43 Å². The molecule has 0 aliphatic heterocycles. The van der Waals surface area contributed by atoms with Crippen LogP contribution in [0.1, 0.15) is 15.9 Å². The minimum Gasteiger partial charge on any atom is -0.507 e. The number of halogens is 1. The highest BCUT2D eigenvalue weighted by molar-refractivity contribution is 14.1. The van der Waals surface area contributed by atoms with Crippen LogP contribution in [0.4, 0.5) is 5.69 Å². The van der Waals surface area contributed by atoms with Crippen molar-refractivity contribution in [3.63, 3.8) is 0 Å². The summed E-state index contributed by atoms with van der Waals surface area (Å²) < 4.78 is 1.02. The molecule has 0 saturated carbocycles. The maximum Gasteiger partial charge on any atom is 0.275 e. The van der Waals surface area contributed by atoms with E-state index in [0.29, 0.717) is 0 Å². The average Bonchev–Trinajstić information content (AvgIpc) is 2.47. The number of nitro groups is 1. The molecule has 7 nitrogen and oxygen atoms in total. The number of hydrogen-bond donors (Lipinski definition) is 2. The summed E-state index contributed by atoms with van der Waals surface area (Å²) in [7, 11) is 0. The molecule has 0 fully saturated rings. The standard InChI is InChI=1S/C14H10IN3O4/c15-10-3-1-2-9(6-10)8-16-17-14(20)12-7-11(18(21)22)4-5-13(12)19/h1-8,19H,(H,17,20)/b16-8+. The molecule has 0 aromatic heterocycles. The number of benzene rings is 2. The molecule has 2 rings (SSSR count). The molecular formula is C14H10IN3O4. The van der Waals surface area contributed by atoms with Gasteiger partial charge in [0.05, 0.1) is 16.7 Å². The Labute approximate surface area is 139 Å². The molecular weight excluding hydrogens is 401 g/mol. The van der Waals surface area contributed by atoms with Gasteiger partial charge in [-0.2, -0.15) is 5.10 Å². The Bertz CT molecular complexity index is 762. The molecule has 0 spiro atoms. The summed E-state index contributed by atoms with van der Waals surface area (Å²) in [5, 5.41) is 24.0. The average molecular weight is 411 g/mol. The summed E-state index contributed by atoms with van der Waals surface area (Å²) in [6.07, 6.45) is 1.44. The van der Waals surface area contributed by atoms with Crippen molar-refractivity contribution in [1.29, 1.82) is 0 Å². The first-order valence-electron chi connectivity index (χ1n) is 6.04. The number of hydrogen-bond acceptors (Lipinski definition) is 5. The Morgan fingerprint density at radius 2 is 2.09 bits per heavy atom. The van der Waals surface area contributed by atoms with Crippen molar-refractivity contribution >= 4 is 40.4 Å². The van der Waals surface area contributed by atoms with Crippen LogP contribution in [-0.2, 0) is 0 Å². The highest BCUT2D eigenvalue weighted by Gasteiger charge is 2.15. The molecule has 0 bridgehead atoms. The minimum atomic E-state index is -0.733. The second-order valence-electron chi connectivity index (χ2n) is 4.21. The summed E-state index contributed by atoms with van der Waals surface area (Å²) in [6.45, 7) is 0. The highest BCUT2D eigenvalue weighted by Crippen LogP contribution is 2.22. The summed E-state index contributed by atoms with van der Waals surface area (Å²) in [6, 6.07) is 10.6. The van der Waals surface area contributed by atoms with E-state index in [4.69, 9.17) is 0 Å². The minimum absolute atomic E-state index is 0.214. The molecule has 22 heavy (non-hydrogen) atoms. The monoisotopic (exact) mass is 411 g/mol. The number of nitro benzene ring substituents is 1. The summed E-state index contributed by atoms with van der Waals surface area (Å²) in [5.74, 6) is -1.09. The van der Waals surface area contributed by atoms with E-state index in [0.717, 1.165) is 27.3 Å². The van der Waals surface area contributed by atoms with Gasteiger partial charge < -0.3 is 5.11 Å². The second-order valence-corrected chi connectivity index (χ2v) is 5.46. The van der Waals surface area contributed by atoms with Gasteiger partial charge in [0.1, 0.15) is 5.75 Å². The topological polar surface area (TPSA) is 105 Å². The van der Waals surface area contributed by atoms with Crippen LogP contribution in [0.5, 0.6) is 5.75 Å². The maximum absolute atomic E-state index is 11.9. The van der Waals surface area contributed by atoms with Crippen LogP contribution in [0.3, 0.4) is 0 Å². The van der Waals surface area contributed by atoms with Crippen LogP contribution in [-0.4, -0.2) is 22.2 Å². The Morgan fingerprint density at radius 3 is 2.77 bits per heavy atom. The van der Waals surface area contributed by atoms with Crippen LogP contribution in [0.15, 0.2) is 47.6 Å². The lowest BCUT2D eigenvalue weighted by atomic mass is 10.1. The van der Waals surface area contributed by atoms with E-state index in [1.165, 1.54) is 6.21 Å². The van der Waals surface area contributed by atoms with E-state index in [2.05, 4.69) is 33.1 Å². The molecule has 0 heterocycles. The predicted molar refractivity (Wildman–Crippen MR) is 89.0 cm³/mol. The lowest BCUT2D eigenvalue weighted by Crippen LogP contribution is -2.18. The number of phenolic OH excluding ortho intramolecular Hbond substituents is 1. The van der Waals surface area contributed by atoms with Gasteiger partial charge in [-0.15, -0.1) is 0 Å². The number of nitrogens with one attached hydrogen (secondary N) is 1. The molecule has 0 unspecified atom stereocenters. The number of carbonyl (C=O) groups excluding carboxylic acids is 1. The van der Waals surface area contributed by atoms with E-state index in [9.17, 15) is 20.0 Å². The zero-order valence-corrected chi connectivity index (χ0v) is 13.2. The fraction of sp³-hybridized carbons (Fsp3) is 0. The molecule has 0 saturated heterocycles. The van der Waals surface area contributed by atoms with Crippen molar-refractivity contribution in [2.75, 3.05) is 0 Å². The number of nitrogens with zero attached hydrogens (tertiary/aromatic N) is 2. The van der Waals surface area contributed by atoms with Gasteiger partial charge in [0, 0.05) is 15.7 Å². The molecule has 0 aliphatic rings. The lowest BCUT2D eigenvalue weighted by molar-refractivity contribution is -0.384. The number of non-ortho nitro benzene ring substituents is 1. The van der Waals surface area contributed by atoms with E-state index in [1.807, 2.05) is 24.3 Å². The predicted octanol–water partition coefficient (Wildman–Crippen LogP) is 2.67. The normalized spacial score (nSPS) is 10.6. The number of amides is 1. The smallest absolute Gasteiger partial charge is 0.275 e. The molecule has 2 aromatic carbocycles. The van der Waals surface area contributed by atoms with Crippen molar-refractivity contribution in [2.45, 2.75) is 0 Å². The zero-order chi connectivity index (χ0) is 16.1. The number of carbonyl (C=O) groups is 1.